The molecule has 1 atom stereocenters. The zero-order valence-corrected chi connectivity index (χ0v) is 24.3. The number of amides is 2. The van der Waals surface area contributed by atoms with E-state index < -0.39 is 17.2 Å². The highest BCUT2D eigenvalue weighted by Crippen LogP contribution is 2.33. The average molecular weight is 587 g/mol. The van der Waals surface area contributed by atoms with Crippen LogP contribution in [0.15, 0.2) is 30.6 Å². The normalized spacial score (nSPS) is 21.0. The molecule has 5 rings (SSSR count). The van der Waals surface area contributed by atoms with E-state index >= 15 is 0 Å². The number of nitrogens with zero attached hydrogens (tertiary/aromatic N) is 3. The number of halogens is 3. The highest BCUT2D eigenvalue weighted by atomic mass is 35.5. The van der Waals surface area contributed by atoms with Crippen molar-refractivity contribution in [2.75, 3.05) is 44.8 Å². The van der Waals surface area contributed by atoms with Crippen molar-refractivity contribution in [2.24, 2.45) is 0 Å². The van der Waals surface area contributed by atoms with Crippen molar-refractivity contribution in [3.05, 3.63) is 35.6 Å². The minimum atomic E-state index is -0.633. The molecule has 1 aromatic carbocycles. The lowest BCUT2D eigenvalue weighted by Crippen LogP contribution is -2.62. The van der Waals surface area contributed by atoms with Gasteiger partial charge in [0.2, 0.25) is 11.8 Å². The molecule has 2 fully saturated rings. The van der Waals surface area contributed by atoms with Gasteiger partial charge in [0.1, 0.15) is 6.04 Å². The van der Waals surface area contributed by atoms with Crippen LogP contribution in [0.4, 0.5) is 5.69 Å². The van der Waals surface area contributed by atoms with Gasteiger partial charge in [0.05, 0.1) is 60.4 Å². The van der Waals surface area contributed by atoms with Crippen LogP contribution in [0.5, 0.6) is 0 Å². The molecule has 2 aromatic heterocycles. The van der Waals surface area contributed by atoms with Crippen molar-refractivity contribution in [3.8, 4) is 0 Å². The van der Waals surface area contributed by atoms with E-state index in [0.29, 0.717) is 37.0 Å². The van der Waals surface area contributed by atoms with E-state index in [1.807, 2.05) is 49.6 Å². The minimum Gasteiger partial charge on any atom is -0.377 e. The summed E-state index contributed by atoms with van der Waals surface area (Å²) in [5.74, 6) is -0.271. The molecule has 3 aromatic rings. The van der Waals surface area contributed by atoms with E-state index in [-0.39, 0.29) is 49.8 Å². The lowest BCUT2D eigenvalue weighted by atomic mass is 10.0. The molecular formula is C26H34Cl3N5O4. The quantitative estimate of drug-likeness (QED) is 0.474. The summed E-state index contributed by atoms with van der Waals surface area (Å²) in [6.45, 7) is 10.2. The third-order valence-electron chi connectivity index (χ3n) is 6.98. The van der Waals surface area contributed by atoms with E-state index in [1.54, 1.807) is 18.5 Å². The second-order valence-corrected chi connectivity index (χ2v) is 11.2. The van der Waals surface area contributed by atoms with Crippen molar-refractivity contribution in [1.29, 1.82) is 0 Å². The molecule has 4 heterocycles. The fourth-order valence-corrected chi connectivity index (χ4v) is 5.39. The number of nitrogens with one attached hydrogen (secondary N) is 2. The molecule has 2 amide bonds. The minimum absolute atomic E-state index is 0. The first-order chi connectivity index (χ1) is 17.0. The maximum atomic E-state index is 13.6. The summed E-state index contributed by atoms with van der Waals surface area (Å²) in [6, 6.07) is 4.87. The van der Waals surface area contributed by atoms with Crippen molar-refractivity contribution >= 4 is 75.7 Å². The average Bonchev–Trinajstić information content (AvgIpc) is 3.17. The van der Waals surface area contributed by atoms with Gasteiger partial charge < -0.3 is 24.7 Å². The van der Waals surface area contributed by atoms with Gasteiger partial charge >= 0.3 is 0 Å². The van der Waals surface area contributed by atoms with Crippen LogP contribution in [0.2, 0.25) is 5.02 Å². The van der Waals surface area contributed by atoms with Gasteiger partial charge in [0.25, 0.3) is 0 Å². The number of aromatic nitrogens is 2. The zero-order valence-electron chi connectivity index (χ0n) is 21.9. The summed E-state index contributed by atoms with van der Waals surface area (Å²) in [5, 5.41) is 5.43. The summed E-state index contributed by atoms with van der Waals surface area (Å²) < 4.78 is 11.6. The first kappa shape index (κ1) is 30.4. The highest BCUT2D eigenvalue weighted by Gasteiger charge is 2.41. The fourth-order valence-electron chi connectivity index (χ4n) is 5.17. The molecule has 0 spiro atoms. The molecule has 0 saturated carbocycles. The van der Waals surface area contributed by atoms with Gasteiger partial charge in [0, 0.05) is 35.1 Å². The number of ether oxygens (including phenoxy) is 2. The Morgan fingerprint density at radius 2 is 1.97 bits per heavy atom. The number of aromatic amines is 1. The van der Waals surface area contributed by atoms with E-state index in [1.165, 1.54) is 0 Å². The molecule has 0 bridgehead atoms. The molecule has 2 aliphatic rings. The first-order valence-electron chi connectivity index (χ1n) is 12.2. The van der Waals surface area contributed by atoms with Gasteiger partial charge in [-0.15, -0.1) is 24.8 Å². The Kier molecular flexibility index (Phi) is 9.23. The number of anilines is 1. The number of morpholine rings is 2. The SMILES string of the molecule is CC1(C)CN(CC(=O)N2CCOCC2(C)C)[C@H](C(=O)Nc2cc(Cl)cc3c2[nH]c2cnccc23)CO1.Cl.Cl. The van der Waals surface area contributed by atoms with Gasteiger partial charge in [-0.25, -0.2) is 0 Å². The smallest absolute Gasteiger partial charge is 0.244 e. The number of hydrogen-bond donors (Lipinski definition) is 2. The maximum Gasteiger partial charge on any atom is 0.244 e. The largest absolute Gasteiger partial charge is 0.377 e. The fraction of sp³-hybridized carbons (Fsp3) is 0.500. The number of rotatable bonds is 4. The lowest BCUT2D eigenvalue weighted by Gasteiger charge is -2.46. The second kappa shape index (κ2) is 11.5. The van der Waals surface area contributed by atoms with Crippen molar-refractivity contribution < 1.29 is 19.1 Å². The first-order valence-corrected chi connectivity index (χ1v) is 12.5. The summed E-state index contributed by atoms with van der Waals surface area (Å²) in [6.07, 6.45) is 3.47. The lowest BCUT2D eigenvalue weighted by molar-refractivity contribution is -0.158. The Labute approximate surface area is 239 Å². The molecule has 2 N–H and O–H groups in total. The van der Waals surface area contributed by atoms with Crippen LogP contribution in [-0.4, -0.2) is 88.2 Å². The molecule has 9 nitrogen and oxygen atoms in total. The number of pyridine rings is 1. The van der Waals surface area contributed by atoms with Gasteiger partial charge in [0.15, 0.2) is 0 Å². The van der Waals surface area contributed by atoms with E-state index in [4.69, 9.17) is 21.1 Å². The van der Waals surface area contributed by atoms with Gasteiger partial charge in [-0.1, -0.05) is 11.6 Å². The summed E-state index contributed by atoms with van der Waals surface area (Å²) >= 11 is 6.42. The highest BCUT2D eigenvalue weighted by molar-refractivity contribution is 6.33. The van der Waals surface area contributed by atoms with Gasteiger partial charge in [-0.2, -0.15) is 0 Å². The van der Waals surface area contributed by atoms with E-state index in [0.717, 1.165) is 21.8 Å². The number of carbonyl (C=O) groups excluding carboxylic acids is 2. The molecule has 2 saturated heterocycles. The van der Waals surface area contributed by atoms with Crippen LogP contribution >= 0.6 is 36.4 Å². The topological polar surface area (TPSA) is 99.8 Å². The summed E-state index contributed by atoms with van der Waals surface area (Å²) in [7, 11) is 0. The summed E-state index contributed by atoms with van der Waals surface area (Å²) in [5.41, 5.74) is 1.32. The second-order valence-electron chi connectivity index (χ2n) is 10.8. The van der Waals surface area contributed by atoms with Crippen molar-refractivity contribution in [3.63, 3.8) is 0 Å². The number of benzene rings is 1. The monoisotopic (exact) mass is 585 g/mol. The predicted octanol–water partition coefficient (Wildman–Crippen LogP) is 4.27. The van der Waals surface area contributed by atoms with Crippen LogP contribution in [0.25, 0.3) is 21.8 Å². The Bertz CT molecular complexity index is 1330. The number of carbonyl (C=O) groups is 2. The van der Waals surface area contributed by atoms with Crippen LogP contribution < -0.4 is 5.32 Å². The Hall–Kier alpha value is -2.14. The van der Waals surface area contributed by atoms with Crippen LogP contribution in [0.1, 0.15) is 27.7 Å². The molecule has 38 heavy (non-hydrogen) atoms. The van der Waals surface area contributed by atoms with Crippen molar-refractivity contribution in [1.82, 2.24) is 19.8 Å². The van der Waals surface area contributed by atoms with Crippen LogP contribution in [0, 0.1) is 0 Å². The Balaban J connectivity index is 0.00000200. The Morgan fingerprint density at radius 3 is 2.71 bits per heavy atom. The molecule has 0 unspecified atom stereocenters. The number of H-pyrrole nitrogens is 1. The summed E-state index contributed by atoms with van der Waals surface area (Å²) in [4.78, 5) is 38.3. The third kappa shape index (κ3) is 6.03. The molecular weight excluding hydrogens is 553 g/mol. The molecule has 208 valence electrons. The van der Waals surface area contributed by atoms with Gasteiger partial charge in [-0.05, 0) is 45.9 Å². The maximum absolute atomic E-state index is 13.6. The molecule has 0 aliphatic carbocycles. The molecule has 0 radical (unpaired) electrons. The van der Waals surface area contributed by atoms with Gasteiger partial charge in [-0.3, -0.25) is 19.5 Å². The van der Waals surface area contributed by atoms with E-state index in [2.05, 4.69) is 15.3 Å². The van der Waals surface area contributed by atoms with Crippen LogP contribution in [-0.2, 0) is 19.1 Å². The molecule has 12 heteroatoms. The predicted molar refractivity (Wildman–Crippen MR) is 154 cm³/mol. The standard InChI is InChI=1S/C26H32ClN5O4.2ClH/c1-25(2)15-35-8-7-32(25)22(33)12-31-14-26(3,4)36-13-21(31)24(34)30-19-10-16(27)9-18-17-5-6-28-11-20(17)29-23(18)19;;/h5-6,9-11,21,29H,7-8,12-15H2,1-4H3,(H,30,34);2*1H/t21-;;/m0../s1. The van der Waals surface area contributed by atoms with Crippen LogP contribution in [0.3, 0.4) is 0 Å². The van der Waals surface area contributed by atoms with E-state index in [9.17, 15) is 9.59 Å². The molecule has 2 aliphatic heterocycles. The Morgan fingerprint density at radius 1 is 1.21 bits per heavy atom. The zero-order chi connectivity index (χ0) is 25.7. The third-order valence-corrected chi connectivity index (χ3v) is 7.19. The number of hydrogen-bond acceptors (Lipinski definition) is 6. The van der Waals surface area contributed by atoms with Crippen molar-refractivity contribution in [2.45, 2.75) is 44.9 Å². The number of fused-ring (bicyclic) bond motifs is 3.